The Morgan fingerprint density at radius 2 is 1.86 bits per heavy atom. The minimum absolute atomic E-state index is 0.178. The molecule has 0 amide bonds. The van der Waals surface area contributed by atoms with Gasteiger partial charge in [0.2, 0.25) is 0 Å². The lowest BCUT2D eigenvalue weighted by Crippen LogP contribution is -2.30. The smallest absolute Gasteiger partial charge is 0.136 e. The second kappa shape index (κ2) is 11.8. The van der Waals surface area contributed by atoms with E-state index in [2.05, 4.69) is 50.8 Å². The summed E-state index contributed by atoms with van der Waals surface area (Å²) in [5, 5.41) is 1.62. The molecular formula is C27H44OS. The molecular weight excluding hydrogens is 372 g/mol. The molecule has 0 heterocycles. The third-order valence-electron chi connectivity index (χ3n) is 7.95. The lowest BCUT2D eigenvalue weighted by Gasteiger charge is -2.40. The maximum absolute atomic E-state index is 12.6. The van der Waals surface area contributed by atoms with Crippen LogP contribution in [0.1, 0.15) is 104 Å². The molecule has 0 aromatic rings. The highest BCUT2D eigenvalue weighted by atomic mass is 32.2. The summed E-state index contributed by atoms with van der Waals surface area (Å²) in [7, 11) is 0. The van der Waals surface area contributed by atoms with E-state index in [4.69, 9.17) is 0 Å². The molecule has 2 fully saturated rings. The zero-order valence-corrected chi connectivity index (χ0v) is 20.0. The maximum atomic E-state index is 12.6. The van der Waals surface area contributed by atoms with Gasteiger partial charge in [-0.1, -0.05) is 70.3 Å². The van der Waals surface area contributed by atoms with Gasteiger partial charge in [0.25, 0.3) is 0 Å². The summed E-state index contributed by atoms with van der Waals surface area (Å²) < 4.78 is 0. The van der Waals surface area contributed by atoms with Crippen LogP contribution >= 0.6 is 11.8 Å². The van der Waals surface area contributed by atoms with E-state index >= 15 is 0 Å². The summed E-state index contributed by atoms with van der Waals surface area (Å²) >= 11 is 2.27. The average molecular weight is 417 g/mol. The minimum atomic E-state index is 0.178. The molecule has 0 spiro atoms. The first kappa shape index (κ1) is 23.2. The van der Waals surface area contributed by atoms with Crippen molar-refractivity contribution in [2.45, 2.75) is 115 Å². The molecule has 0 bridgehead atoms. The third kappa shape index (κ3) is 7.30. The molecule has 3 rings (SSSR count). The van der Waals surface area contributed by atoms with Crippen molar-refractivity contribution in [2.24, 2.45) is 23.7 Å². The Kier molecular flexibility index (Phi) is 9.41. The molecule has 164 valence electrons. The van der Waals surface area contributed by atoms with Crippen LogP contribution in [-0.4, -0.2) is 16.3 Å². The molecule has 0 aliphatic heterocycles. The fourth-order valence-corrected chi connectivity index (χ4v) is 7.40. The number of hydrogen-bond acceptors (Lipinski definition) is 2. The van der Waals surface area contributed by atoms with E-state index < -0.39 is 0 Å². The summed E-state index contributed by atoms with van der Waals surface area (Å²) in [6, 6.07) is 0. The molecule has 0 aromatic heterocycles. The summed E-state index contributed by atoms with van der Waals surface area (Å²) in [6.07, 6.45) is 23.4. The summed E-state index contributed by atoms with van der Waals surface area (Å²) in [5.41, 5.74) is 1.36. The zero-order valence-electron chi connectivity index (χ0n) is 19.2. The Labute approximate surface area is 184 Å². The summed E-state index contributed by atoms with van der Waals surface area (Å²) in [4.78, 5) is 12.6. The maximum Gasteiger partial charge on any atom is 0.136 e. The van der Waals surface area contributed by atoms with Crippen LogP contribution < -0.4 is 0 Å². The number of hydrogen-bond donors (Lipinski definition) is 0. The third-order valence-corrected chi connectivity index (χ3v) is 9.65. The lowest BCUT2D eigenvalue weighted by molar-refractivity contribution is -0.122. The van der Waals surface area contributed by atoms with Gasteiger partial charge in [-0.05, 0) is 69.1 Å². The molecule has 0 saturated heterocycles. The van der Waals surface area contributed by atoms with E-state index in [-0.39, 0.29) is 5.92 Å². The normalized spacial score (nSPS) is 30.2. The predicted molar refractivity (Wildman–Crippen MR) is 128 cm³/mol. The Balaban J connectivity index is 1.32. The molecule has 0 radical (unpaired) electrons. The second-order valence-corrected chi connectivity index (χ2v) is 12.0. The van der Waals surface area contributed by atoms with E-state index in [9.17, 15) is 4.79 Å². The Morgan fingerprint density at radius 1 is 1.07 bits per heavy atom. The van der Waals surface area contributed by atoms with Crippen molar-refractivity contribution in [3.05, 3.63) is 23.8 Å². The van der Waals surface area contributed by atoms with E-state index in [1.807, 2.05) is 0 Å². The van der Waals surface area contributed by atoms with Crippen LogP contribution in [0.2, 0.25) is 0 Å². The molecule has 29 heavy (non-hydrogen) atoms. The molecule has 3 aliphatic rings. The van der Waals surface area contributed by atoms with Crippen LogP contribution in [0, 0.1) is 23.7 Å². The standard InChI is InChI=1S/C27H44OS/c1-20(10-9-15-27(28)21(2)18-23-11-5-4-6-12-23)22(3)29-26-17-16-24-13-7-8-14-25(24)19-26/h5,11-12,20-22,24-26H,4,6-10,13-19H2,1-3H3. The Hall–Kier alpha value is -0.500. The largest absolute Gasteiger partial charge is 0.299 e. The van der Waals surface area contributed by atoms with Gasteiger partial charge < -0.3 is 0 Å². The van der Waals surface area contributed by atoms with E-state index in [1.165, 1.54) is 56.9 Å². The zero-order chi connectivity index (χ0) is 20.6. The monoisotopic (exact) mass is 416 g/mol. The van der Waals surface area contributed by atoms with E-state index in [0.717, 1.165) is 60.4 Å². The van der Waals surface area contributed by atoms with Gasteiger partial charge >= 0.3 is 0 Å². The van der Waals surface area contributed by atoms with Crippen molar-refractivity contribution in [3.8, 4) is 0 Å². The number of rotatable bonds is 10. The van der Waals surface area contributed by atoms with Gasteiger partial charge in [0.1, 0.15) is 5.78 Å². The van der Waals surface area contributed by atoms with E-state index in [1.54, 1.807) is 0 Å². The number of carbonyl (C=O) groups is 1. The van der Waals surface area contributed by atoms with Crippen LogP contribution in [0.5, 0.6) is 0 Å². The van der Waals surface area contributed by atoms with E-state index in [0.29, 0.717) is 5.78 Å². The number of carbonyl (C=O) groups excluding carboxylic acids is 1. The fraction of sp³-hybridized carbons (Fsp3) is 0.815. The first-order valence-corrected chi connectivity index (χ1v) is 13.5. The highest BCUT2D eigenvalue weighted by molar-refractivity contribution is 8.00. The molecule has 0 aromatic carbocycles. The fourth-order valence-electron chi connectivity index (χ4n) is 5.76. The molecule has 6 atom stereocenters. The van der Waals surface area contributed by atoms with Gasteiger partial charge in [-0.15, -0.1) is 0 Å². The topological polar surface area (TPSA) is 17.1 Å². The van der Waals surface area contributed by atoms with Crippen LogP contribution in [0.3, 0.4) is 0 Å². The number of fused-ring (bicyclic) bond motifs is 1. The van der Waals surface area contributed by atoms with Crippen molar-refractivity contribution in [3.63, 3.8) is 0 Å². The second-order valence-electron chi connectivity index (χ2n) is 10.3. The Morgan fingerprint density at radius 3 is 2.62 bits per heavy atom. The number of Topliss-reactive ketones (excluding diaryl/α,β-unsaturated/α-hetero) is 1. The highest BCUT2D eigenvalue weighted by Crippen LogP contribution is 2.45. The Bertz CT molecular complexity index is 577. The number of thioether (sulfide) groups is 1. The van der Waals surface area contributed by atoms with Crippen molar-refractivity contribution in [2.75, 3.05) is 0 Å². The van der Waals surface area contributed by atoms with Gasteiger partial charge in [0.05, 0.1) is 0 Å². The average Bonchev–Trinajstić information content (AvgIpc) is 2.74. The SMILES string of the molecule is CC(CC1=CCCC=C1)C(=O)CCCC(C)C(C)SC1CCC2CCCCC2C1. The van der Waals surface area contributed by atoms with Crippen LogP contribution in [0.4, 0.5) is 0 Å². The molecule has 2 saturated carbocycles. The van der Waals surface area contributed by atoms with Crippen molar-refractivity contribution >= 4 is 17.5 Å². The first-order chi connectivity index (χ1) is 14.0. The van der Waals surface area contributed by atoms with Crippen LogP contribution in [-0.2, 0) is 4.79 Å². The number of allylic oxidation sites excluding steroid dienone is 4. The quantitative estimate of drug-likeness (QED) is 0.357. The summed E-state index contributed by atoms with van der Waals surface area (Å²) in [6.45, 7) is 6.97. The lowest BCUT2D eigenvalue weighted by atomic mass is 9.71. The van der Waals surface area contributed by atoms with Gasteiger partial charge in [0, 0.05) is 22.8 Å². The molecule has 0 N–H and O–H groups in total. The van der Waals surface area contributed by atoms with Gasteiger partial charge in [-0.2, -0.15) is 11.8 Å². The van der Waals surface area contributed by atoms with Crippen molar-refractivity contribution in [1.29, 1.82) is 0 Å². The minimum Gasteiger partial charge on any atom is -0.299 e. The predicted octanol–water partition coefficient (Wildman–Crippen LogP) is 8.15. The first-order valence-electron chi connectivity index (χ1n) is 12.6. The molecule has 3 aliphatic carbocycles. The van der Waals surface area contributed by atoms with Crippen molar-refractivity contribution in [1.82, 2.24) is 0 Å². The van der Waals surface area contributed by atoms with Crippen LogP contribution in [0.15, 0.2) is 23.8 Å². The van der Waals surface area contributed by atoms with Gasteiger partial charge in [0.15, 0.2) is 0 Å². The highest BCUT2D eigenvalue weighted by Gasteiger charge is 2.33. The molecule has 6 unspecified atom stereocenters. The van der Waals surface area contributed by atoms with Crippen molar-refractivity contribution < 1.29 is 4.79 Å². The van der Waals surface area contributed by atoms with Crippen LogP contribution in [0.25, 0.3) is 0 Å². The molecule has 1 nitrogen and oxygen atoms in total. The van der Waals surface area contributed by atoms with Gasteiger partial charge in [-0.3, -0.25) is 4.79 Å². The molecule has 2 heteroatoms. The summed E-state index contributed by atoms with van der Waals surface area (Å²) in [5.74, 6) is 3.45. The van der Waals surface area contributed by atoms with Gasteiger partial charge in [-0.25, -0.2) is 0 Å². The number of ketones is 1.